The summed E-state index contributed by atoms with van der Waals surface area (Å²) in [5.74, 6) is -1.75. The fourth-order valence-electron chi connectivity index (χ4n) is 1.58. The molecular weight excluding hydrogens is 282 g/mol. The molecule has 0 aromatic heterocycles. The van der Waals surface area contributed by atoms with Crippen LogP contribution in [-0.4, -0.2) is 12.0 Å². The third kappa shape index (κ3) is 4.35. The molecule has 104 valence electrons. The monoisotopic (exact) mass is 294 g/mol. The van der Waals surface area contributed by atoms with E-state index in [-0.39, 0.29) is 0 Å². The fraction of sp³-hybridized carbons (Fsp3) is 0.133. The summed E-state index contributed by atoms with van der Waals surface area (Å²) in [7, 11) is 0. The molecule has 2 rings (SSSR count). The molecule has 0 radical (unpaired) electrons. The van der Waals surface area contributed by atoms with Crippen LogP contribution in [0.1, 0.15) is 15.9 Å². The molecule has 0 bridgehead atoms. The summed E-state index contributed by atoms with van der Waals surface area (Å²) < 4.78 is 29.9. The molecule has 0 saturated heterocycles. The van der Waals surface area contributed by atoms with Crippen molar-refractivity contribution in [2.24, 2.45) is 0 Å². The second-order valence-electron chi connectivity index (χ2n) is 4.00. The Bertz CT molecular complexity index is 553. The van der Waals surface area contributed by atoms with Gasteiger partial charge < -0.3 is 4.74 Å². The Balaban J connectivity index is 1.91. The summed E-state index contributed by atoms with van der Waals surface area (Å²) in [5.41, 5.74) is 1.48. The average Bonchev–Trinajstić information content (AvgIpc) is 2.46. The van der Waals surface area contributed by atoms with Crippen molar-refractivity contribution in [3.63, 3.8) is 0 Å². The van der Waals surface area contributed by atoms with E-state index in [0.717, 1.165) is 11.8 Å². The zero-order valence-corrected chi connectivity index (χ0v) is 11.3. The molecule has 0 atom stereocenters. The Kier molecular flexibility index (Phi) is 5.12. The highest BCUT2D eigenvalue weighted by Gasteiger charge is 2.05. The normalized spacial score (nSPS) is 10.6. The fourth-order valence-corrected chi connectivity index (χ4v) is 2.08. The van der Waals surface area contributed by atoms with E-state index in [4.69, 9.17) is 4.74 Å². The molecule has 2 aromatic rings. The third-order valence-corrected chi connectivity index (χ3v) is 3.29. The summed E-state index contributed by atoms with van der Waals surface area (Å²) in [6.07, 6.45) is 0.767. The number of alkyl halides is 2. The van der Waals surface area contributed by atoms with Gasteiger partial charge in [0.1, 0.15) is 18.6 Å². The molecule has 0 N–H and O–H groups in total. The van der Waals surface area contributed by atoms with E-state index in [1.807, 2.05) is 0 Å². The van der Waals surface area contributed by atoms with Crippen molar-refractivity contribution in [3.8, 4) is 5.75 Å². The molecule has 0 aliphatic heterocycles. The Morgan fingerprint density at radius 3 is 2.25 bits per heavy atom. The lowest BCUT2D eigenvalue weighted by Gasteiger charge is -2.07. The number of carbonyl (C=O) groups is 1. The van der Waals surface area contributed by atoms with Crippen molar-refractivity contribution in [1.82, 2.24) is 0 Å². The molecule has 0 saturated carbocycles. The van der Waals surface area contributed by atoms with Crippen LogP contribution in [-0.2, 0) is 6.61 Å². The number of halogens is 2. The zero-order chi connectivity index (χ0) is 14.4. The zero-order valence-electron chi connectivity index (χ0n) is 10.5. The minimum atomic E-state index is -2.41. The van der Waals surface area contributed by atoms with Gasteiger partial charge in [-0.2, -0.15) is 8.78 Å². The van der Waals surface area contributed by atoms with Crippen molar-refractivity contribution in [3.05, 3.63) is 59.7 Å². The maximum atomic E-state index is 12.2. The summed E-state index contributed by atoms with van der Waals surface area (Å²) in [6, 6.07) is 13.6. The smallest absolute Gasteiger partial charge is 0.288 e. The summed E-state index contributed by atoms with van der Waals surface area (Å²) in [4.78, 5) is 11.0. The largest absolute Gasteiger partial charge is 0.489 e. The minimum absolute atomic E-state index is 0.347. The average molecular weight is 294 g/mol. The van der Waals surface area contributed by atoms with Crippen LogP contribution in [0.25, 0.3) is 0 Å². The van der Waals surface area contributed by atoms with Crippen LogP contribution in [0.2, 0.25) is 0 Å². The van der Waals surface area contributed by atoms with Crippen molar-refractivity contribution >= 4 is 18.0 Å². The first-order valence-corrected chi connectivity index (χ1v) is 6.77. The topological polar surface area (TPSA) is 26.3 Å². The molecule has 2 nitrogen and oxygen atoms in total. The van der Waals surface area contributed by atoms with Gasteiger partial charge in [0.2, 0.25) is 0 Å². The Hall–Kier alpha value is -1.88. The number of thioether (sulfide) groups is 1. The van der Waals surface area contributed by atoms with Gasteiger partial charge in [-0.15, -0.1) is 0 Å². The Morgan fingerprint density at radius 2 is 1.70 bits per heavy atom. The van der Waals surface area contributed by atoms with E-state index in [9.17, 15) is 13.6 Å². The molecule has 0 heterocycles. The maximum Gasteiger partial charge on any atom is 0.288 e. The van der Waals surface area contributed by atoms with Crippen LogP contribution >= 0.6 is 11.8 Å². The molecule has 20 heavy (non-hydrogen) atoms. The lowest BCUT2D eigenvalue weighted by molar-refractivity contribution is 0.112. The molecule has 5 heteroatoms. The van der Waals surface area contributed by atoms with Crippen LogP contribution in [0, 0.1) is 0 Å². The highest BCUT2D eigenvalue weighted by molar-refractivity contribution is 7.99. The van der Waals surface area contributed by atoms with E-state index >= 15 is 0 Å². The van der Waals surface area contributed by atoms with Crippen LogP contribution < -0.4 is 4.74 Å². The van der Waals surface area contributed by atoms with E-state index in [1.165, 1.54) is 0 Å². The number of hydrogen-bond donors (Lipinski definition) is 0. The van der Waals surface area contributed by atoms with Crippen molar-refractivity contribution < 1.29 is 18.3 Å². The molecule has 0 aliphatic carbocycles. The SMILES string of the molecule is O=Cc1ccc(OCc2ccc(SC(F)F)cc2)cc1. The van der Waals surface area contributed by atoms with Crippen LogP contribution in [0.5, 0.6) is 5.75 Å². The summed E-state index contributed by atoms with van der Waals surface area (Å²) in [5, 5.41) is 0. The Labute approximate surface area is 119 Å². The Morgan fingerprint density at radius 1 is 1.05 bits per heavy atom. The van der Waals surface area contributed by atoms with Gasteiger partial charge in [-0.25, -0.2) is 0 Å². The minimum Gasteiger partial charge on any atom is -0.489 e. The highest BCUT2D eigenvalue weighted by atomic mass is 32.2. The number of carbonyl (C=O) groups excluding carboxylic acids is 1. The number of aldehydes is 1. The van der Waals surface area contributed by atoms with E-state index in [1.54, 1.807) is 48.5 Å². The standard InChI is InChI=1S/C15H12F2O2S/c16-15(17)20-14-7-3-12(4-8-14)10-19-13-5-1-11(9-18)2-6-13/h1-9,15H,10H2. The highest BCUT2D eigenvalue weighted by Crippen LogP contribution is 2.25. The number of benzene rings is 2. The van der Waals surface area contributed by atoms with E-state index in [2.05, 4.69) is 0 Å². The predicted octanol–water partition coefficient (Wildman–Crippen LogP) is 4.39. The summed E-state index contributed by atoms with van der Waals surface area (Å²) in [6.45, 7) is 0.347. The number of hydrogen-bond acceptors (Lipinski definition) is 3. The van der Waals surface area contributed by atoms with Crippen LogP contribution in [0.3, 0.4) is 0 Å². The van der Waals surface area contributed by atoms with Gasteiger partial charge in [0.25, 0.3) is 5.76 Å². The molecule has 0 amide bonds. The van der Waals surface area contributed by atoms with Gasteiger partial charge in [-0.1, -0.05) is 23.9 Å². The van der Waals surface area contributed by atoms with Gasteiger partial charge in [-0.3, -0.25) is 4.79 Å². The molecule has 0 unspecified atom stereocenters. The van der Waals surface area contributed by atoms with Crippen molar-refractivity contribution in [2.45, 2.75) is 17.3 Å². The van der Waals surface area contributed by atoms with Gasteiger partial charge in [-0.05, 0) is 42.0 Å². The molecule has 0 aliphatic rings. The van der Waals surface area contributed by atoms with Gasteiger partial charge >= 0.3 is 0 Å². The maximum absolute atomic E-state index is 12.2. The van der Waals surface area contributed by atoms with E-state index in [0.29, 0.717) is 34.6 Å². The third-order valence-electron chi connectivity index (χ3n) is 2.57. The second-order valence-corrected chi connectivity index (χ2v) is 5.06. The quantitative estimate of drug-likeness (QED) is 0.583. The van der Waals surface area contributed by atoms with Crippen LogP contribution in [0.15, 0.2) is 53.4 Å². The van der Waals surface area contributed by atoms with Crippen LogP contribution in [0.4, 0.5) is 8.78 Å². The predicted molar refractivity (Wildman–Crippen MR) is 74.5 cm³/mol. The first kappa shape index (κ1) is 14.5. The summed E-state index contributed by atoms with van der Waals surface area (Å²) >= 11 is 0.518. The molecule has 2 aromatic carbocycles. The van der Waals surface area contributed by atoms with Crippen molar-refractivity contribution in [2.75, 3.05) is 0 Å². The van der Waals surface area contributed by atoms with Gasteiger partial charge in [0.05, 0.1) is 0 Å². The first-order chi connectivity index (χ1) is 9.67. The number of ether oxygens (including phenoxy) is 1. The molecular formula is C15H12F2O2S. The van der Waals surface area contributed by atoms with Gasteiger partial charge in [0.15, 0.2) is 0 Å². The molecule has 0 fully saturated rings. The lowest BCUT2D eigenvalue weighted by atomic mass is 10.2. The second kappa shape index (κ2) is 7.05. The van der Waals surface area contributed by atoms with Gasteiger partial charge in [0, 0.05) is 10.5 Å². The lowest BCUT2D eigenvalue weighted by Crippen LogP contribution is -1.95. The van der Waals surface area contributed by atoms with E-state index < -0.39 is 5.76 Å². The number of rotatable bonds is 6. The van der Waals surface area contributed by atoms with Crippen molar-refractivity contribution in [1.29, 1.82) is 0 Å². The first-order valence-electron chi connectivity index (χ1n) is 5.89. The molecule has 0 spiro atoms.